The fourth-order valence-corrected chi connectivity index (χ4v) is 4.08. The molecule has 3 aromatic rings. The largest absolute Gasteiger partial charge is 0.479 e. The molecule has 0 fully saturated rings. The van der Waals surface area contributed by atoms with Gasteiger partial charge in [-0.15, -0.1) is 0 Å². The van der Waals surface area contributed by atoms with Gasteiger partial charge in [-0.1, -0.05) is 6.92 Å². The second kappa shape index (κ2) is 6.42. The normalized spacial score (nSPS) is 11.9. The number of methoxy groups -OCH3 is 1. The molecule has 5 nitrogen and oxygen atoms in total. The Morgan fingerprint density at radius 3 is 2.64 bits per heavy atom. The predicted molar refractivity (Wildman–Crippen MR) is 98.1 cm³/mol. The number of sulfone groups is 1. The van der Waals surface area contributed by atoms with Gasteiger partial charge in [-0.2, -0.15) is 0 Å². The molecule has 0 N–H and O–H groups in total. The molecule has 132 valence electrons. The Bertz CT molecular complexity index is 1080. The number of pyridine rings is 1. The van der Waals surface area contributed by atoms with Gasteiger partial charge in [-0.3, -0.25) is 0 Å². The molecule has 25 heavy (non-hydrogen) atoms. The fourth-order valence-electron chi connectivity index (χ4n) is 2.79. The summed E-state index contributed by atoms with van der Waals surface area (Å²) in [6, 6.07) is 5.61. The monoisotopic (exact) mass is 426 g/mol. The van der Waals surface area contributed by atoms with Crippen molar-refractivity contribution in [1.82, 2.24) is 9.55 Å². The van der Waals surface area contributed by atoms with Gasteiger partial charge < -0.3 is 9.30 Å². The Morgan fingerprint density at radius 2 is 2.00 bits per heavy atom. The molecule has 1 aromatic carbocycles. The zero-order valence-corrected chi connectivity index (χ0v) is 16.3. The summed E-state index contributed by atoms with van der Waals surface area (Å²) in [5.41, 5.74) is 1.49. The molecule has 3 rings (SSSR count). The van der Waals surface area contributed by atoms with Gasteiger partial charge in [0, 0.05) is 29.8 Å². The smallest absolute Gasteiger partial charge is 0.239 e. The second-order valence-electron chi connectivity index (χ2n) is 5.55. The molecule has 0 spiro atoms. The number of hydrogen-bond acceptors (Lipinski definition) is 4. The highest BCUT2D eigenvalue weighted by atomic mass is 79.9. The van der Waals surface area contributed by atoms with Crippen LogP contribution in [0.2, 0.25) is 0 Å². The van der Waals surface area contributed by atoms with Gasteiger partial charge in [0.1, 0.15) is 15.9 Å². The molecular formula is C17H16BrFN2O3S. The highest BCUT2D eigenvalue weighted by Gasteiger charge is 2.20. The standard InChI is InChI=1S/C17H16BrFN2O3S/c1-4-25(22,23)10-5-6-14(19)11(7-10)13-9-21(2)16-12(13)8-15(18)20-17(16)24-3/h5-9H,4H2,1-3H3. The van der Waals surface area contributed by atoms with Crippen molar-refractivity contribution in [3.05, 3.63) is 40.9 Å². The van der Waals surface area contributed by atoms with Crippen LogP contribution in [-0.2, 0) is 16.9 Å². The van der Waals surface area contributed by atoms with Crippen LogP contribution in [0.25, 0.3) is 22.0 Å². The zero-order valence-electron chi connectivity index (χ0n) is 13.9. The van der Waals surface area contributed by atoms with Crippen LogP contribution in [0.15, 0.2) is 40.0 Å². The molecule has 0 aliphatic rings. The maximum absolute atomic E-state index is 14.5. The summed E-state index contributed by atoms with van der Waals surface area (Å²) < 4.78 is 46.4. The van der Waals surface area contributed by atoms with E-state index in [9.17, 15) is 12.8 Å². The molecule has 0 aliphatic heterocycles. The summed E-state index contributed by atoms with van der Waals surface area (Å²) in [6.07, 6.45) is 1.74. The molecule has 0 unspecified atom stereocenters. The van der Waals surface area contributed by atoms with E-state index in [4.69, 9.17) is 4.74 Å². The van der Waals surface area contributed by atoms with E-state index in [-0.39, 0.29) is 16.2 Å². The van der Waals surface area contributed by atoms with Crippen LogP contribution in [-0.4, -0.2) is 30.8 Å². The topological polar surface area (TPSA) is 61.2 Å². The average Bonchev–Trinajstić information content (AvgIpc) is 2.90. The number of aromatic nitrogens is 2. The minimum atomic E-state index is -3.43. The Morgan fingerprint density at radius 1 is 1.28 bits per heavy atom. The van der Waals surface area contributed by atoms with Crippen LogP contribution >= 0.6 is 15.9 Å². The summed E-state index contributed by atoms with van der Waals surface area (Å²) in [7, 11) is -0.123. The van der Waals surface area contributed by atoms with Crippen molar-refractivity contribution in [3.63, 3.8) is 0 Å². The molecule has 2 heterocycles. The lowest BCUT2D eigenvalue weighted by Gasteiger charge is -2.07. The lowest BCUT2D eigenvalue weighted by Crippen LogP contribution is -2.04. The molecule has 2 aromatic heterocycles. The van der Waals surface area contributed by atoms with E-state index in [1.165, 1.54) is 25.3 Å². The van der Waals surface area contributed by atoms with Crippen molar-refractivity contribution in [2.45, 2.75) is 11.8 Å². The lowest BCUT2D eigenvalue weighted by atomic mass is 10.1. The van der Waals surface area contributed by atoms with Gasteiger partial charge in [0.15, 0.2) is 9.84 Å². The number of benzene rings is 1. The first-order valence-electron chi connectivity index (χ1n) is 7.50. The third-order valence-electron chi connectivity index (χ3n) is 4.06. The Kier molecular flexibility index (Phi) is 4.59. The molecule has 0 aliphatic carbocycles. The van der Waals surface area contributed by atoms with Crippen LogP contribution in [0.4, 0.5) is 4.39 Å². The van der Waals surface area contributed by atoms with E-state index < -0.39 is 15.7 Å². The highest BCUT2D eigenvalue weighted by molar-refractivity contribution is 9.10. The molecule has 0 radical (unpaired) electrons. The van der Waals surface area contributed by atoms with Crippen molar-refractivity contribution < 1.29 is 17.5 Å². The summed E-state index contributed by atoms with van der Waals surface area (Å²) in [4.78, 5) is 4.36. The number of nitrogens with zero attached hydrogens (tertiary/aromatic N) is 2. The van der Waals surface area contributed by atoms with Crippen LogP contribution in [0.3, 0.4) is 0 Å². The summed E-state index contributed by atoms with van der Waals surface area (Å²) in [6.45, 7) is 1.56. The van der Waals surface area contributed by atoms with Crippen LogP contribution < -0.4 is 4.74 Å². The SMILES string of the molecule is CCS(=O)(=O)c1ccc(F)c(-c2cn(C)c3c(OC)nc(Br)cc23)c1. The number of fused-ring (bicyclic) bond motifs is 1. The Labute approximate surface area is 153 Å². The molecule has 0 amide bonds. The zero-order chi connectivity index (χ0) is 18.4. The number of aryl methyl sites for hydroxylation is 1. The first-order valence-corrected chi connectivity index (χ1v) is 9.95. The van der Waals surface area contributed by atoms with Gasteiger partial charge in [0.2, 0.25) is 5.88 Å². The van der Waals surface area contributed by atoms with E-state index in [1.807, 2.05) is 0 Å². The molecule has 0 saturated heterocycles. The molecule has 0 bridgehead atoms. The second-order valence-corrected chi connectivity index (χ2v) is 8.64. The van der Waals surface area contributed by atoms with Crippen molar-refractivity contribution in [1.29, 1.82) is 0 Å². The Hall–Kier alpha value is -1.93. The average molecular weight is 427 g/mol. The van der Waals surface area contributed by atoms with Crippen molar-refractivity contribution in [3.8, 4) is 17.0 Å². The third-order valence-corrected chi connectivity index (χ3v) is 6.19. The minimum Gasteiger partial charge on any atom is -0.479 e. The highest BCUT2D eigenvalue weighted by Crippen LogP contribution is 2.37. The van der Waals surface area contributed by atoms with E-state index in [1.54, 1.807) is 30.8 Å². The van der Waals surface area contributed by atoms with Gasteiger partial charge in [0.05, 0.1) is 17.8 Å². The summed E-state index contributed by atoms with van der Waals surface area (Å²) in [5, 5.41) is 0.714. The maximum Gasteiger partial charge on any atom is 0.239 e. The number of rotatable bonds is 4. The molecular weight excluding hydrogens is 411 g/mol. The summed E-state index contributed by atoms with van der Waals surface area (Å²) >= 11 is 3.33. The van der Waals surface area contributed by atoms with E-state index >= 15 is 0 Å². The lowest BCUT2D eigenvalue weighted by molar-refractivity contribution is 0.400. The first kappa shape index (κ1) is 17.9. The molecule has 0 atom stereocenters. The maximum atomic E-state index is 14.5. The number of ether oxygens (including phenoxy) is 1. The van der Waals surface area contributed by atoms with Gasteiger partial charge >= 0.3 is 0 Å². The third kappa shape index (κ3) is 3.04. The number of halogens is 2. The van der Waals surface area contributed by atoms with E-state index in [2.05, 4.69) is 20.9 Å². The van der Waals surface area contributed by atoms with Crippen LogP contribution in [0, 0.1) is 5.82 Å². The first-order chi connectivity index (χ1) is 11.8. The van der Waals surface area contributed by atoms with E-state index in [0.717, 1.165) is 0 Å². The van der Waals surface area contributed by atoms with Crippen LogP contribution in [0.1, 0.15) is 6.92 Å². The van der Waals surface area contributed by atoms with Crippen molar-refractivity contribution in [2.75, 3.05) is 12.9 Å². The molecule has 0 saturated carbocycles. The Balaban J connectivity index is 2.34. The minimum absolute atomic E-state index is 0.0447. The van der Waals surface area contributed by atoms with Gasteiger partial charge in [-0.25, -0.2) is 17.8 Å². The van der Waals surface area contributed by atoms with Crippen molar-refractivity contribution in [2.24, 2.45) is 7.05 Å². The summed E-state index contributed by atoms with van der Waals surface area (Å²) in [5.74, 6) is -0.137. The van der Waals surface area contributed by atoms with Crippen molar-refractivity contribution >= 4 is 36.7 Å². The van der Waals surface area contributed by atoms with Gasteiger partial charge in [0.25, 0.3) is 0 Å². The predicted octanol–water partition coefficient (Wildman–Crippen LogP) is 3.94. The molecule has 8 heteroatoms. The quantitative estimate of drug-likeness (QED) is 0.468. The van der Waals surface area contributed by atoms with Gasteiger partial charge in [-0.05, 0) is 40.2 Å². The van der Waals surface area contributed by atoms with E-state index in [0.29, 0.717) is 26.9 Å². The number of hydrogen-bond donors (Lipinski definition) is 0. The fraction of sp³-hybridized carbons (Fsp3) is 0.235. The van der Waals surface area contributed by atoms with Crippen LogP contribution in [0.5, 0.6) is 5.88 Å².